The Morgan fingerprint density at radius 3 is 2.90 bits per heavy atom. The van der Waals surface area contributed by atoms with Gasteiger partial charge in [0.2, 0.25) is 0 Å². The van der Waals surface area contributed by atoms with Gasteiger partial charge in [-0.25, -0.2) is 0 Å². The summed E-state index contributed by atoms with van der Waals surface area (Å²) in [5, 5.41) is 0. The SMILES string of the molecule is CC(=O)O[C@H]1CCC[C@H]1C[C@@H](C)[C@@H]1CCC2(C)OC2C1. The average Bonchev–Trinajstić information content (AvgIpc) is 2.89. The van der Waals surface area contributed by atoms with Gasteiger partial charge in [0.15, 0.2) is 0 Å². The molecule has 3 fully saturated rings. The Morgan fingerprint density at radius 1 is 1.40 bits per heavy atom. The third-order valence-corrected chi connectivity index (χ3v) is 5.95. The van der Waals surface area contributed by atoms with E-state index in [2.05, 4.69) is 13.8 Å². The van der Waals surface area contributed by atoms with Gasteiger partial charge in [-0.1, -0.05) is 6.92 Å². The number of carbonyl (C=O) groups excluding carboxylic acids is 1. The van der Waals surface area contributed by atoms with Crippen LogP contribution < -0.4 is 0 Å². The molecule has 114 valence electrons. The highest BCUT2D eigenvalue weighted by Gasteiger charge is 2.55. The van der Waals surface area contributed by atoms with Gasteiger partial charge in [-0.2, -0.15) is 0 Å². The summed E-state index contributed by atoms with van der Waals surface area (Å²) >= 11 is 0. The minimum Gasteiger partial charge on any atom is -0.462 e. The first-order valence-electron chi connectivity index (χ1n) is 8.33. The minimum absolute atomic E-state index is 0.116. The third kappa shape index (κ3) is 2.88. The van der Waals surface area contributed by atoms with E-state index in [9.17, 15) is 4.79 Å². The topological polar surface area (TPSA) is 38.8 Å². The van der Waals surface area contributed by atoms with Gasteiger partial charge in [0.05, 0.1) is 11.7 Å². The molecule has 1 saturated heterocycles. The van der Waals surface area contributed by atoms with Crippen LogP contribution in [0.1, 0.15) is 65.7 Å². The molecule has 0 bridgehead atoms. The molecular weight excluding hydrogens is 252 g/mol. The van der Waals surface area contributed by atoms with Gasteiger partial charge < -0.3 is 9.47 Å². The second-order valence-electron chi connectivity index (χ2n) is 7.51. The van der Waals surface area contributed by atoms with Crippen molar-refractivity contribution in [1.29, 1.82) is 0 Å². The van der Waals surface area contributed by atoms with E-state index in [-0.39, 0.29) is 17.7 Å². The van der Waals surface area contributed by atoms with E-state index >= 15 is 0 Å². The molecule has 3 rings (SSSR count). The largest absolute Gasteiger partial charge is 0.462 e. The quantitative estimate of drug-likeness (QED) is 0.582. The van der Waals surface area contributed by atoms with Gasteiger partial charge in [-0.15, -0.1) is 0 Å². The van der Waals surface area contributed by atoms with Crippen LogP contribution in [0.2, 0.25) is 0 Å². The predicted molar refractivity (Wildman–Crippen MR) is 77.3 cm³/mol. The van der Waals surface area contributed by atoms with Crippen LogP contribution in [0.25, 0.3) is 0 Å². The molecule has 0 aromatic rings. The minimum atomic E-state index is -0.116. The summed E-state index contributed by atoms with van der Waals surface area (Å²) in [5.41, 5.74) is 0.226. The lowest BCUT2D eigenvalue weighted by Gasteiger charge is -2.31. The van der Waals surface area contributed by atoms with E-state index < -0.39 is 0 Å². The lowest BCUT2D eigenvalue weighted by atomic mass is 9.74. The van der Waals surface area contributed by atoms with Crippen LogP contribution in [0.5, 0.6) is 0 Å². The van der Waals surface area contributed by atoms with Crippen LogP contribution in [0.4, 0.5) is 0 Å². The van der Waals surface area contributed by atoms with E-state index in [1.54, 1.807) is 0 Å². The molecule has 0 aromatic heterocycles. The summed E-state index contributed by atoms with van der Waals surface area (Å²) in [6.07, 6.45) is 9.19. The number of esters is 1. The summed E-state index contributed by atoms with van der Waals surface area (Å²) in [7, 11) is 0. The molecule has 0 aromatic carbocycles. The summed E-state index contributed by atoms with van der Waals surface area (Å²) in [6.45, 7) is 6.18. The predicted octanol–water partition coefficient (Wildman–Crippen LogP) is 3.70. The van der Waals surface area contributed by atoms with Crippen molar-refractivity contribution < 1.29 is 14.3 Å². The lowest BCUT2D eigenvalue weighted by molar-refractivity contribution is -0.148. The van der Waals surface area contributed by atoms with Crippen molar-refractivity contribution >= 4 is 5.97 Å². The zero-order chi connectivity index (χ0) is 14.3. The summed E-state index contributed by atoms with van der Waals surface area (Å²) in [6, 6.07) is 0. The number of epoxide rings is 1. The van der Waals surface area contributed by atoms with E-state index in [0.29, 0.717) is 12.0 Å². The van der Waals surface area contributed by atoms with Crippen LogP contribution in [0, 0.1) is 17.8 Å². The molecule has 1 aliphatic heterocycles. The Bertz CT molecular complexity index is 380. The molecule has 2 unspecified atom stereocenters. The Hall–Kier alpha value is -0.570. The molecule has 1 heterocycles. The highest BCUT2D eigenvalue weighted by molar-refractivity contribution is 5.66. The highest BCUT2D eigenvalue weighted by atomic mass is 16.6. The molecule has 0 radical (unpaired) electrons. The van der Waals surface area contributed by atoms with Gasteiger partial charge in [0, 0.05) is 6.92 Å². The standard InChI is InChI=1S/C17H28O3/c1-11(13-7-8-17(3)16(10-13)20-17)9-14-5-4-6-15(14)19-12(2)18/h11,13-16H,4-10H2,1-3H3/t11-,13-,14+,15+,16?,17?/m1/s1. The Balaban J connectivity index is 1.50. The van der Waals surface area contributed by atoms with Crippen LogP contribution >= 0.6 is 0 Å². The van der Waals surface area contributed by atoms with Gasteiger partial charge >= 0.3 is 5.97 Å². The number of fused-ring (bicyclic) bond motifs is 1. The molecule has 2 aliphatic carbocycles. The monoisotopic (exact) mass is 280 g/mol. The summed E-state index contributed by atoms with van der Waals surface area (Å²) in [4.78, 5) is 11.2. The van der Waals surface area contributed by atoms with Crippen molar-refractivity contribution in [1.82, 2.24) is 0 Å². The van der Waals surface area contributed by atoms with Gasteiger partial charge in [0.25, 0.3) is 0 Å². The lowest BCUT2D eigenvalue weighted by Crippen LogP contribution is -2.28. The molecule has 0 N–H and O–H groups in total. The van der Waals surface area contributed by atoms with Crippen molar-refractivity contribution in [2.75, 3.05) is 0 Å². The molecule has 6 atom stereocenters. The maximum atomic E-state index is 11.2. The van der Waals surface area contributed by atoms with E-state index in [4.69, 9.17) is 9.47 Å². The van der Waals surface area contributed by atoms with Gasteiger partial charge in [-0.05, 0) is 69.6 Å². The number of ether oxygens (including phenoxy) is 2. The normalized spacial score (nSPS) is 44.8. The van der Waals surface area contributed by atoms with Crippen molar-refractivity contribution in [3.63, 3.8) is 0 Å². The van der Waals surface area contributed by atoms with Crippen LogP contribution in [-0.2, 0) is 14.3 Å². The molecular formula is C17H28O3. The van der Waals surface area contributed by atoms with Gasteiger partial charge in [-0.3, -0.25) is 4.79 Å². The molecule has 0 amide bonds. The van der Waals surface area contributed by atoms with E-state index in [1.165, 1.54) is 45.4 Å². The summed E-state index contributed by atoms with van der Waals surface area (Å²) in [5.74, 6) is 2.00. The van der Waals surface area contributed by atoms with Gasteiger partial charge in [0.1, 0.15) is 6.10 Å². The maximum Gasteiger partial charge on any atom is 0.302 e. The number of hydrogen-bond donors (Lipinski definition) is 0. The molecule has 3 aliphatic rings. The van der Waals surface area contributed by atoms with E-state index in [0.717, 1.165) is 18.3 Å². The molecule has 0 spiro atoms. The Morgan fingerprint density at radius 2 is 2.20 bits per heavy atom. The van der Waals surface area contributed by atoms with Crippen LogP contribution in [0.15, 0.2) is 0 Å². The smallest absolute Gasteiger partial charge is 0.302 e. The molecule has 20 heavy (non-hydrogen) atoms. The first kappa shape index (κ1) is 14.4. The van der Waals surface area contributed by atoms with Crippen molar-refractivity contribution in [3.8, 4) is 0 Å². The molecule has 2 saturated carbocycles. The fourth-order valence-corrected chi connectivity index (χ4v) is 4.50. The van der Waals surface area contributed by atoms with Crippen molar-refractivity contribution in [3.05, 3.63) is 0 Å². The Labute approximate surface area is 122 Å². The Kier molecular flexibility index (Phi) is 3.83. The fraction of sp³-hybridized carbons (Fsp3) is 0.941. The maximum absolute atomic E-state index is 11.2. The fourth-order valence-electron chi connectivity index (χ4n) is 4.50. The second-order valence-corrected chi connectivity index (χ2v) is 7.51. The van der Waals surface area contributed by atoms with Crippen molar-refractivity contribution in [2.24, 2.45) is 17.8 Å². The third-order valence-electron chi connectivity index (χ3n) is 5.95. The van der Waals surface area contributed by atoms with Crippen molar-refractivity contribution in [2.45, 2.75) is 83.5 Å². The van der Waals surface area contributed by atoms with Crippen LogP contribution in [-0.4, -0.2) is 23.8 Å². The first-order chi connectivity index (χ1) is 9.48. The second kappa shape index (κ2) is 5.32. The number of hydrogen-bond acceptors (Lipinski definition) is 3. The highest BCUT2D eigenvalue weighted by Crippen LogP contribution is 2.51. The zero-order valence-corrected chi connectivity index (χ0v) is 13.1. The van der Waals surface area contributed by atoms with E-state index in [1.807, 2.05) is 0 Å². The summed E-state index contributed by atoms with van der Waals surface area (Å²) < 4.78 is 11.3. The average molecular weight is 280 g/mol. The zero-order valence-electron chi connectivity index (χ0n) is 13.1. The molecule has 3 nitrogen and oxygen atoms in total. The molecule has 3 heteroatoms. The number of carbonyl (C=O) groups is 1. The number of rotatable bonds is 4. The first-order valence-corrected chi connectivity index (χ1v) is 8.33. The van der Waals surface area contributed by atoms with Crippen LogP contribution in [0.3, 0.4) is 0 Å².